The Labute approximate surface area is 122 Å². The van der Waals surface area contributed by atoms with Gasteiger partial charge in [-0.05, 0) is 48.9 Å². The van der Waals surface area contributed by atoms with Crippen LogP contribution in [0.25, 0.3) is 0 Å². The second-order valence-electron chi connectivity index (χ2n) is 6.76. The Morgan fingerprint density at radius 1 is 1.11 bits per heavy atom. The first kappa shape index (κ1) is 14.9. The zero-order valence-electron chi connectivity index (χ0n) is 12.9. The molecule has 3 unspecified atom stereocenters. The van der Waals surface area contributed by atoms with Gasteiger partial charge in [0.25, 0.3) is 0 Å². The van der Waals surface area contributed by atoms with Crippen LogP contribution >= 0.6 is 11.8 Å². The minimum Gasteiger partial charge on any atom is -0.317 e. The Morgan fingerprint density at radius 3 is 2.21 bits per heavy atom. The molecule has 1 aliphatic carbocycles. The number of hydrogen-bond acceptors (Lipinski definition) is 2. The topological polar surface area (TPSA) is 12.0 Å². The summed E-state index contributed by atoms with van der Waals surface area (Å²) in [6.45, 7) is 9.19. The summed E-state index contributed by atoms with van der Waals surface area (Å²) in [6, 6.07) is 9.87. The van der Waals surface area contributed by atoms with Crippen LogP contribution in [0.5, 0.6) is 0 Å². The predicted molar refractivity (Wildman–Crippen MR) is 86.0 cm³/mol. The lowest BCUT2D eigenvalue weighted by molar-refractivity contribution is 0.464. The van der Waals surface area contributed by atoms with Crippen LogP contribution in [0.15, 0.2) is 29.2 Å². The summed E-state index contributed by atoms with van der Waals surface area (Å²) in [4.78, 5) is 1.42. The largest absolute Gasteiger partial charge is 0.317 e. The maximum atomic E-state index is 3.45. The van der Waals surface area contributed by atoms with Gasteiger partial charge >= 0.3 is 0 Å². The van der Waals surface area contributed by atoms with Crippen LogP contribution in [0.3, 0.4) is 0 Å². The van der Waals surface area contributed by atoms with Crippen molar-refractivity contribution in [3.05, 3.63) is 29.8 Å². The molecule has 1 fully saturated rings. The van der Waals surface area contributed by atoms with Crippen LogP contribution in [0, 0.1) is 5.92 Å². The molecule has 0 aromatic heterocycles. The van der Waals surface area contributed by atoms with E-state index in [2.05, 4.69) is 76.1 Å². The van der Waals surface area contributed by atoms with Crippen LogP contribution in [-0.4, -0.2) is 18.3 Å². The van der Waals surface area contributed by atoms with Gasteiger partial charge in [0.15, 0.2) is 0 Å². The van der Waals surface area contributed by atoms with Crippen LogP contribution in [0.2, 0.25) is 0 Å². The average Bonchev–Trinajstić information content (AvgIpc) is 2.70. The van der Waals surface area contributed by atoms with Gasteiger partial charge in [-0.2, -0.15) is 0 Å². The first-order valence-electron chi connectivity index (χ1n) is 7.36. The quantitative estimate of drug-likeness (QED) is 0.875. The smallest absolute Gasteiger partial charge is 0.0135 e. The van der Waals surface area contributed by atoms with E-state index in [-0.39, 0.29) is 5.41 Å². The molecule has 1 aliphatic rings. The zero-order valence-corrected chi connectivity index (χ0v) is 13.7. The van der Waals surface area contributed by atoms with Crippen molar-refractivity contribution in [3.63, 3.8) is 0 Å². The standard InChI is InChI=1S/C17H27NS/c1-12-15(18-5)10-11-16(12)19-14-8-6-13(7-9-14)17(2,3)4/h6-9,12,15-16,18H,10-11H2,1-5H3. The number of rotatable bonds is 3. The molecule has 1 saturated carbocycles. The molecular formula is C17H27NS. The Kier molecular flexibility index (Phi) is 4.62. The normalized spacial score (nSPS) is 27.7. The van der Waals surface area contributed by atoms with E-state index in [9.17, 15) is 0 Å². The van der Waals surface area contributed by atoms with Gasteiger partial charge in [-0.15, -0.1) is 11.8 Å². The third-order valence-corrected chi connectivity index (χ3v) is 5.87. The SMILES string of the molecule is CNC1CCC(Sc2ccc(C(C)(C)C)cc2)C1C. The van der Waals surface area contributed by atoms with E-state index in [0.717, 1.165) is 11.2 Å². The lowest BCUT2D eigenvalue weighted by atomic mass is 9.87. The van der Waals surface area contributed by atoms with Crippen molar-refractivity contribution in [2.24, 2.45) is 5.92 Å². The number of thioether (sulfide) groups is 1. The van der Waals surface area contributed by atoms with Gasteiger partial charge < -0.3 is 5.32 Å². The molecule has 0 radical (unpaired) electrons. The van der Waals surface area contributed by atoms with Crippen LogP contribution in [-0.2, 0) is 5.41 Å². The Balaban J connectivity index is 2.01. The highest BCUT2D eigenvalue weighted by atomic mass is 32.2. The van der Waals surface area contributed by atoms with E-state index in [1.807, 2.05) is 0 Å². The van der Waals surface area contributed by atoms with Crippen LogP contribution in [0.1, 0.15) is 46.1 Å². The molecule has 0 bridgehead atoms. The second-order valence-corrected chi connectivity index (χ2v) is 8.07. The van der Waals surface area contributed by atoms with E-state index in [4.69, 9.17) is 0 Å². The Bertz CT molecular complexity index is 404. The lowest BCUT2D eigenvalue weighted by Crippen LogP contribution is -2.29. The minimum absolute atomic E-state index is 0.251. The molecule has 2 rings (SSSR count). The molecule has 19 heavy (non-hydrogen) atoms. The van der Waals surface area contributed by atoms with Gasteiger partial charge in [-0.3, -0.25) is 0 Å². The van der Waals surface area contributed by atoms with E-state index < -0.39 is 0 Å². The van der Waals surface area contributed by atoms with Crippen molar-refractivity contribution < 1.29 is 0 Å². The van der Waals surface area contributed by atoms with Gasteiger partial charge in [-0.1, -0.05) is 39.8 Å². The first-order chi connectivity index (χ1) is 8.91. The van der Waals surface area contributed by atoms with Crippen LogP contribution in [0.4, 0.5) is 0 Å². The fraction of sp³-hybridized carbons (Fsp3) is 0.647. The van der Waals surface area contributed by atoms with Gasteiger partial charge in [0.05, 0.1) is 0 Å². The average molecular weight is 277 g/mol. The molecule has 2 heteroatoms. The van der Waals surface area contributed by atoms with Gasteiger partial charge in [0.2, 0.25) is 0 Å². The number of hydrogen-bond donors (Lipinski definition) is 1. The lowest BCUT2D eigenvalue weighted by Gasteiger charge is -2.21. The molecule has 1 aromatic rings. The highest BCUT2D eigenvalue weighted by Gasteiger charge is 2.32. The van der Waals surface area contributed by atoms with Crippen molar-refractivity contribution in [1.82, 2.24) is 5.32 Å². The molecule has 0 spiro atoms. The molecule has 0 amide bonds. The Hall–Kier alpha value is -0.470. The van der Waals surface area contributed by atoms with Crippen molar-refractivity contribution >= 4 is 11.8 Å². The fourth-order valence-corrected chi connectivity index (χ4v) is 4.21. The summed E-state index contributed by atoms with van der Waals surface area (Å²) in [5.41, 5.74) is 1.67. The number of benzene rings is 1. The molecule has 3 atom stereocenters. The third kappa shape index (κ3) is 3.55. The van der Waals surface area contributed by atoms with E-state index >= 15 is 0 Å². The molecule has 0 heterocycles. The summed E-state index contributed by atoms with van der Waals surface area (Å²) in [5.74, 6) is 0.761. The summed E-state index contributed by atoms with van der Waals surface area (Å²) in [7, 11) is 2.09. The predicted octanol–water partition coefficient (Wildman–Crippen LogP) is 4.46. The molecule has 0 saturated heterocycles. The van der Waals surface area contributed by atoms with Gasteiger partial charge in [0.1, 0.15) is 0 Å². The van der Waals surface area contributed by atoms with E-state index in [0.29, 0.717) is 6.04 Å². The van der Waals surface area contributed by atoms with Crippen molar-refractivity contribution in [1.29, 1.82) is 0 Å². The van der Waals surface area contributed by atoms with Crippen molar-refractivity contribution in [2.45, 2.75) is 62.1 Å². The monoisotopic (exact) mass is 277 g/mol. The number of nitrogens with one attached hydrogen (secondary N) is 1. The summed E-state index contributed by atoms with van der Waals surface area (Å²) < 4.78 is 0. The van der Waals surface area contributed by atoms with Crippen LogP contribution < -0.4 is 5.32 Å². The molecule has 0 aliphatic heterocycles. The molecule has 1 N–H and O–H groups in total. The van der Waals surface area contributed by atoms with Gasteiger partial charge in [-0.25, -0.2) is 0 Å². The van der Waals surface area contributed by atoms with Crippen molar-refractivity contribution in [2.75, 3.05) is 7.05 Å². The molecule has 106 valence electrons. The summed E-state index contributed by atoms with van der Waals surface area (Å²) >= 11 is 2.06. The van der Waals surface area contributed by atoms with Crippen molar-refractivity contribution in [3.8, 4) is 0 Å². The van der Waals surface area contributed by atoms with Gasteiger partial charge in [0, 0.05) is 16.2 Å². The van der Waals surface area contributed by atoms with E-state index in [1.165, 1.54) is 23.3 Å². The summed E-state index contributed by atoms with van der Waals surface area (Å²) in [5, 5.41) is 4.21. The molecule has 1 nitrogen and oxygen atoms in total. The highest BCUT2D eigenvalue weighted by molar-refractivity contribution is 8.00. The zero-order chi connectivity index (χ0) is 14.0. The molecule has 1 aromatic carbocycles. The fourth-order valence-electron chi connectivity index (χ4n) is 2.91. The van der Waals surface area contributed by atoms with E-state index in [1.54, 1.807) is 0 Å². The molecular weight excluding hydrogens is 250 g/mol. The summed E-state index contributed by atoms with van der Waals surface area (Å²) in [6.07, 6.45) is 2.65. The highest BCUT2D eigenvalue weighted by Crippen LogP contribution is 2.39. The first-order valence-corrected chi connectivity index (χ1v) is 8.24. The maximum absolute atomic E-state index is 3.45. The maximum Gasteiger partial charge on any atom is 0.0135 e. The Morgan fingerprint density at radius 2 is 1.74 bits per heavy atom. The second kappa shape index (κ2) is 5.88. The third-order valence-electron chi connectivity index (χ3n) is 4.36. The minimum atomic E-state index is 0.251.